The van der Waals surface area contributed by atoms with E-state index in [0.29, 0.717) is 0 Å². The minimum Gasteiger partial charge on any atom is -0.252 e. The zero-order valence-corrected chi connectivity index (χ0v) is 12.3. The van der Waals surface area contributed by atoms with Crippen LogP contribution in [0.3, 0.4) is 0 Å². The molecule has 0 radical (unpaired) electrons. The van der Waals surface area contributed by atoms with Crippen LogP contribution in [-0.2, 0) is 19.3 Å². The van der Waals surface area contributed by atoms with Crippen molar-refractivity contribution in [2.45, 2.75) is 51.9 Å². The number of aryl methyl sites for hydroxylation is 2. The summed E-state index contributed by atoms with van der Waals surface area (Å²) in [5.74, 6) is 0. The van der Waals surface area contributed by atoms with E-state index in [-0.39, 0.29) is 0 Å². The molecule has 0 unspecified atom stereocenters. The Hall–Kier alpha value is -1.08. The SMILES string of the molecule is CCCc1ccc2nc3c(c(Cl)c2c1)CCCCC3. The fourth-order valence-electron chi connectivity index (χ4n) is 3.03. The number of fused-ring (bicyclic) bond motifs is 2. The lowest BCUT2D eigenvalue weighted by molar-refractivity contribution is 0.709. The van der Waals surface area contributed by atoms with Crippen molar-refractivity contribution in [3.63, 3.8) is 0 Å². The van der Waals surface area contributed by atoms with Crippen molar-refractivity contribution in [2.24, 2.45) is 0 Å². The van der Waals surface area contributed by atoms with E-state index in [1.54, 1.807) is 0 Å². The van der Waals surface area contributed by atoms with Crippen molar-refractivity contribution in [1.29, 1.82) is 0 Å². The van der Waals surface area contributed by atoms with Gasteiger partial charge in [0.1, 0.15) is 0 Å². The maximum absolute atomic E-state index is 6.66. The predicted molar refractivity (Wildman–Crippen MR) is 82.0 cm³/mol. The van der Waals surface area contributed by atoms with Crippen LogP contribution >= 0.6 is 11.6 Å². The van der Waals surface area contributed by atoms with E-state index in [2.05, 4.69) is 25.1 Å². The molecule has 0 bridgehead atoms. The van der Waals surface area contributed by atoms with Crippen LogP contribution in [0.25, 0.3) is 10.9 Å². The smallest absolute Gasteiger partial charge is 0.0720 e. The number of nitrogens with zero attached hydrogens (tertiary/aromatic N) is 1. The Morgan fingerprint density at radius 1 is 1.16 bits per heavy atom. The summed E-state index contributed by atoms with van der Waals surface area (Å²) in [7, 11) is 0. The highest BCUT2D eigenvalue weighted by molar-refractivity contribution is 6.36. The first-order valence-corrected chi connectivity index (χ1v) is 7.77. The molecule has 1 aliphatic carbocycles. The van der Waals surface area contributed by atoms with Crippen LogP contribution in [0.4, 0.5) is 0 Å². The van der Waals surface area contributed by atoms with Crippen LogP contribution in [0.5, 0.6) is 0 Å². The van der Waals surface area contributed by atoms with Gasteiger partial charge in [-0.2, -0.15) is 0 Å². The molecule has 0 atom stereocenters. The summed E-state index contributed by atoms with van der Waals surface area (Å²) in [5.41, 5.74) is 4.97. The third-order valence-corrected chi connectivity index (χ3v) is 4.48. The molecule has 0 spiro atoms. The Bertz CT molecular complexity index is 604. The highest BCUT2D eigenvalue weighted by atomic mass is 35.5. The van der Waals surface area contributed by atoms with E-state index in [9.17, 15) is 0 Å². The lowest BCUT2D eigenvalue weighted by atomic mass is 10.0. The van der Waals surface area contributed by atoms with Crippen molar-refractivity contribution >= 4 is 22.5 Å². The van der Waals surface area contributed by atoms with Gasteiger partial charge in [-0.15, -0.1) is 0 Å². The predicted octanol–water partition coefficient (Wildman–Crippen LogP) is 5.11. The van der Waals surface area contributed by atoms with Crippen molar-refractivity contribution in [3.8, 4) is 0 Å². The maximum Gasteiger partial charge on any atom is 0.0720 e. The monoisotopic (exact) mass is 273 g/mol. The average molecular weight is 274 g/mol. The first-order valence-electron chi connectivity index (χ1n) is 7.39. The minimum absolute atomic E-state index is 0.958. The fraction of sp³-hybridized carbons (Fsp3) is 0.471. The van der Waals surface area contributed by atoms with Crippen LogP contribution in [-0.4, -0.2) is 4.98 Å². The van der Waals surface area contributed by atoms with Gasteiger partial charge in [0.25, 0.3) is 0 Å². The topological polar surface area (TPSA) is 12.9 Å². The van der Waals surface area contributed by atoms with Crippen molar-refractivity contribution in [2.75, 3.05) is 0 Å². The molecule has 0 N–H and O–H groups in total. The number of aromatic nitrogens is 1. The molecule has 1 aromatic carbocycles. The van der Waals surface area contributed by atoms with Gasteiger partial charge >= 0.3 is 0 Å². The van der Waals surface area contributed by atoms with Gasteiger partial charge in [0.2, 0.25) is 0 Å². The van der Waals surface area contributed by atoms with Gasteiger partial charge in [0.15, 0.2) is 0 Å². The lowest BCUT2D eigenvalue weighted by Crippen LogP contribution is -1.98. The molecule has 0 aliphatic heterocycles. The quantitative estimate of drug-likeness (QED) is 0.693. The second-order valence-electron chi connectivity index (χ2n) is 5.51. The number of rotatable bonds is 2. The number of halogens is 1. The zero-order valence-electron chi connectivity index (χ0n) is 11.5. The molecule has 1 aliphatic rings. The van der Waals surface area contributed by atoms with Crippen LogP contribution < -0.4 is 0 Å². The largest absolute Gasteiger partial charge is 0.252 e. The molecule has 0 fully saturated rings. The van der Waals surface area contributed by atoms with Crippen molar-refractivity contribution < 1.29 is 0 Å². The summed E-state index contributed by atoms with van der Waals surface area (Å²) < 4.78 is 0. The van der Waals surface area contributed by atoms with Crippen LogP contribution in [0.15, 0.2) is 18.2 Å². The zero-order chi connectivity index (χ0) is 13.2. The van der Waals surface area contributed by atoms with Gasteiger partial charge in [-0.05, 0) is 55.4 Å². The molecule has 0 amide bonds. The second kappa shape index (κ2) is 5.50. The third-order valence-electron chi connectivity index (χ3n) is 4.05. The second-order valence-corrected chi connectivity index (χ2v) is 5.89. The summed E-state index contributed by atoms with van der Waals surface area (Å²) in [4.78, 5) is 4.85. The highest BCUT2D eigenvalue weighted by Gasteiger charge is 2.16. The summed E-state index contributed by atoms with van der Waals surface area (Å²) in [6.07, 6.45) is 8.25. The molecule has 0 saturated heterocycles. The Labute approximate surface area is 120 Å². The normalized spacial score (nSPS) is 15.3. The molecule has 1 nitrogen and oxygen atoms in total. The van der Waals surface area contributed by atoms with Gasteiger partial charge in [-0.1, -0.05) is 37.4 Å². The third kappa shape index (κ3) is 2.49. The molecule has 100 valence electrons. The van der Waals surface area contributed by atoms with E-state index in [0.717, 1.165) is 35.2 Å². The molecule has 19 heavy (non-hydrogen) atoms. The van der Waals surface area contributed by atoms with Crippen LogP contribution in [0.1, 0.15) is 49.4 Å². The summed E-state index contributed by atoms with van der Waals surface area (Å²) in [6.45, 7) is 2.21. The molecule has 2 aromatic rings. The minimum atomic E-state index is 0.958. The molecule has 1 aromatic heterocycles. The van der Waals surface area contributed by atoms with Gasteiger partial charge in [0.05, 0.1) is 10.5 Å². The van der Waals surface area contributed by atoms with Gasteiger partial charge in [-0.25, -0.2) is 0 Å². The molecular weight excluding hydrogens is 254 g/mol. The molecular formula is C17H20ClN. The Kier molecular flexibility index (Phi) is 3.74. The van der Waals surface area contributed by atoms with Crippen molar-refractivity contribution in [1.82, 2.24) is 4.98 Å². The van der Waals surface area contributed by atoms with Gasteiger partial charge in [-0.3, -0.25) is 4.98 Å². The van der Waals surface area contributed by atoms with Crippen molar-refractivity contribution in [3.05, 3.63) is 40.0 Å². The maximum atomic E-state index is 6.66. The lowest BCUT2D eigenvalue weighted by Gasteiger charge is -2.11. The number of pyridine rings is 1. The highest BCUT2D eigenvalue weighted by Crippen LogP contribution is 2.32. The Morgan fingerprint density at radius 2 is 2.00 bits per heavy atom. The molecule has 2 heteroatoms. The molecule has 1 heterocycles. The summed E-state index contributed by atoms with van der Waals surface area (Å²) in [5, 5.41) is 2.10. The molecule has 0 saturated carbocycles. The van der Waals surface area contributed by atoms with E-state index in [1.165, 1.54) is 42.5 Å². The first-order chi connectivity index (χ1) is 9.29. The van der Waals surface area contributed by atoms with Gasteiger partial charge in [0, 0.05) is 11.1 Å². The number of benzene rings is 1. The molecule has 3 rings (SSSR count). The first kappa shape index (κ1) is 12.9. The van der Waals surface area contributed by atoms with Crippen LogP contribution in [0.2, 0.25) is 5.02 Å². The Morgan fingerprint density at radius 3 is 2.84 bits per heavy atom. The van der Waals surface area contributed by atoms with Crippen LogP contribution in [0, 0.1) is 0 Å². The Balaban J connectivity index is 2.17. The summed E-state index contributed by atoms with van der Waals surface area (Å²) >= 11 is 6.66. The van der Waals surface area contributed by atoms with E-state index in [1.807, 2.05) is 0 Å². The fourth-order valence-corrected chi connectivity index (χ4v) is 3.39. The number of hydrogen-bond donors (Lipinski definition) is 0. The van der Waals surface area contributed by atoms with E-state index in [4.69, 9.17) is 16.6 Å². The standard InChI is InChI=1S/C17H20ClN/c1-2-6-12-9-10-16-14(11-12)17(18)13-7-4-3-5-8-15(13)19-16/h9-11H,2-8H2,1H3. The summed E-state index contributed by atoms with van der Waals surface area (Å²) in [6, 6.07) is 6.56. The van der Waals surface area contributed by atoms with E-state index < -0.39 is 0 Å². The van der Waals surface area contributed by atoms with E-state index >= 15 is 0 Å². The van der Waals surface area contributed by atoms with Gasteiger partial charge < -0.3 is 0 Å². The average Bonchev–Trinajstić information content (AvgIpc) is 2.65. The number of hydrogen-bond acceptors (Lipinski definition) is 1.